The van der Waals surface area contributed by atoms with E-state index in [9.17, 15) is 0 Å². The van der Waals surface area contributed by atoms with E-state index < -0.39 is 0 Å². The number of rotatable bonds is 7. The van der Waals surface area contributed by atoms with Crippen molar-refractivity contribution in [2.24, 2.45) is 10.7 Å². The summed E-state index contributed by atoms with van der Waals surface area (Å²) in [6.45, 7) is 6.55. The number of aliphatic imine (C=N–C) groups is 1. The summed E-state index contributed by atoms with van der Waals surface area (Å²) in [5.41, 5.74) is 6.06. The molecule has 0 aromatic heterocycles. The van der Waals surface area contributed by atoms with Gasteiger partial charge in [0.05, 0.1) is 12.6 Å². The van der Waals surface area contributed by atoms with Crippen LogP contribution in [0.1, 0.15) is 32.6 Å². The molecule has 1 saturated heterocycles. The van der Waals surface area contributed by atoms with Gasteiger partial charge in [0.25, 0.3) is 0 Å². The highest BCUT2D eigenvalue weighted by atomic mass is 127. The van der Waals surface area contributed by atoms with E-state index in [1.807, 2.05) is 6.92 Å². The Morgan fingerprint density at radius 3 is 2.50 bits per heavy atom. The molecule has 0 amide bonds. The molecule has 0 radical (unpaired) electrons. The van der Waals surface area contributed by atoms with Crippen molar-refractivity contribution in [3.8, 4) is 0 Å². The van der Waals surface area contributed by atoms with Crippen LogP contribution in [0.15, 0.2) is 4.99 Å². The minimum absolute atomic E-state index is 0. The second-order valence-corrected chi connectivity index (χ2v) is 5.42. The molecule has 0 aromatic carbocycles. The van der Waals surface area contributed by atoms with Crippen molar-refractivity contribution in [2.75, 3.05) is 46.9 Å². The molecule has 1 heterocycles. The topological polar surface area (TPSA) is 54.1 Å². The summed E-state index contributed by atoms with van der Waals surface area (Å²) in [5, 5.41) is 0. The quantitative estimate of drug-likeness (QED) is 0.404. The molecule has 1 fully saturated rings. The summed E-state index contributed by atoms with van der Waals surface area (Å²) in [4.78, 5) is 8.88. The number of guanidine groups is 1. The molecule has 0 spiro atoms. The molecule has 1 unspecified atom stereocenters. The number of nitrogens with zero attached hydrogens (tertiary/aromatic N) is 3. The van der Waals surface area contributed by atoms with Gasteiger partial charge in [-0.05, 0) is 46.7 Å². The summed E-state index contributed by atoms with van der Waals surface area (Å²) in [6, 6.07) is 0. The van der Waals surface area contributed by atoms with Gasteiger partial charge >= 0.3 is 0 Å². The molecule has 1 aliphatic heterocycles. The SMILES string of the molecule is CCOC(CCN(C)C)CN=C(N)N1CCCCC1.I. The summed E-state index contributed by atoms with van der Waals surface area (Å²) >= 11 is 0. The van der Waals surface area contributed by atoms with Gasteiger partial charge < -0.3 is 20.3 Å². The largest absolute Gasteiger partial charge is 0.377 e. The Morgan fingerprint density at radius 1 is 1.30 bits per heavy atom. The third-order valence-electron chi connectivity index (χ3n) is 3.44. The first-order chi connectivity index (χ1) is 9.13. The Morgan fingerprint density at radius 2 is 1.95 bits per heavy atom. The van der Waals surface area contributed by atoms with E-state index >= 15 is 0 Å². The number of piperidine rings is 1. The molecule has 6 heteroatoms. The molecule has 2 N–H and O–H groups in total. The number of hydrogen-bond donors (Lipinski definition) is 1. The van der Waals surface area contributed by atoms with Gasteiger partial charge in [-0.3, -0.25) is 4.99 Å². The minimum Gasteiger partial charge on any atom is -0.377 e. The molecule has 1 atom stereocenters. The zero-order valence-electron chi connectivity index (χ0n) is 13.2. The number of halogens is 1. The number of nitrogens with two attached hydrogens (primary N) is 1. The predicted molar refractivity (Wildman–Crippen MR) is 95.9 cm³/mol. The molecule has 120 valence electrons. The number of likely N-dealkylation sites (tertiary alicyclic amines) is 1. The molecule has 0 aromatic rings. The van der Waals surface area contributed by atoms with Crippen molar-refractivity contribution >= 4 is 29.9 Å². The van der Waals surface area contributed by atoms with Gasteiger partial charge in [-0.15, -0.1) is 24.0 Å². The number of hydrogen-bond acceptors (Lipinski definition) is 3. The Kier molecular flexibility index (Phi) is 11.5. The maximum Gasteiger partial charge on any atom is 0.191 e. The fourth-order valence-electron chi connectivity index (χ4n) is 2.28. The Balaban J connectivity index is 0.00000361. The summed E-state index contributed by atoms with van der Waals surface area (Å²) < 4.78 is 5.72. The van der Waals surface area contributed by atoms with E-state index in [1.54, 1.807) is 0 Å². The van der Waals surface area contributed by atoms with Crippen LogP contribution in [-0.4, -0.2) is 68.7 Å². The highest BCUT2D eigenvalue weighted by Gasteiger charge is 2.13. The van der Waals surface area contributed by atoms with Crippen LogP contribution in [0.2, 0.25) is 0 Å². The van der Waals surface area contributed by atoms with Crippen molar-refractivity contribution < 1.29 is 4.74 Å². The van der Waals surface area contributed by atoms with Gasteiger partial charge in [0.2, 0.25) is 0 Å². The van der Waals surface area contributed by atoms with Crippen molar-refractivity contribution in [3.05, 3.63) is 0 Å². The first-order valence-electron chi connectivity index (χ1n) is 7.44. The maximum absolute atomic E-state index is 6.06. The fraction of sp³-hybridized carbons (Fsp3) is 0.929. The van der Waals surface area contributed by atoms with E-state index in [-0.39, 0.29) is 30.1 Å². The number of ether oxygens (including phenoxy) is 1. The van der Waals surface area contributed by atoms with Crippen LogP contribution in [-0.2, 0) is 4.74 Å². The van der Waals surface area contributed by atoms with Crippen molar-refractivity contribution in [3.63, 3.8) is 0 Å². The van der Waals surface area contributed by atoms with Gasteiger partial charge in [0.15, 0.2) is 5.96 Å². The Bertz CT molecular complexity index is 268. The van der Waals surface area contributed by atoms with E-state index in [0.717, 1.165) is 32.7 Å². The molecular weight excluding hydrogens is 367 g/mol. The van der Waals surface area contributed by atoms with E-state index in [2.05, 4.69) is 28.9 Å². The van der Waals surface area contributed by atoms with Gasteiger partial charge in [-0.1, -0.05) is 0 Å². The van der Waals surface area contributed by atoms with Crippen LogP contribution in [0.25, 0.3) is 0 Å². The molecule has 1 aliphatic rings. The zero-order chi connectivity index (χ0) is 14.1. The van der Waals surface area contributed by atoms with Crippen LogP contribution in [0.4, 0.5) is 0 Å². The van der Waals surface area contributed by atoms with Gasteiger partial charge in [0, 0.05) is 26.2 Å². The van der Waals surface area contributed by atoms with Crippen LogP contribution >= 0.6 is 24.0 Å². The molecule has 5 nitrogen and oxygen atoms in total. The molecule has 0 bridgehead atoms. The average Bonchev–Trinajstić information content (AvgIpc) is 2.42. The second-order valence-electron chi connectivity index (χ2n) is 5.42. The van der Waals surface area contributed by atoms with Crippen molar-refractivity contribution in [1.82, 2.24) is 9.80 Å². The molecule has 0 aliphatic carbocycles. The van der Waals surface area contributed by atoms with E-state index in [0.29, 0.717) is 12.5 Å². The molecule has 0 saturated carbocycles. The van der Waals surface area contributed by atoms with Crippen LogP contribution in [0.5, 0.6) is 0 Å². The van der Waals surface area contributed by atoms with Crippen LogP contribution in [0, 0.1) is 0 Å². The second kappa shape index (κ2) is 11.6. The average molecular weight is 398 g/mol. The summed E-state index contributed by atoms with van der Waals surface area (Å²) in [6.07, 6.45) is 4.94. The summed E-state index contributed by atoms with van der Waals surface area (Å²) in [5.74, 6) is 0.689. The minimum atomic E-state index is 0. The molecular formula is C14H31IN4O. The van der Waals surface area contributed by atoms with Gasteiger partial charge in [-0.25, -0.2) is 0 Å². The maximum atomic E-state index is 6.06. The molecule has 20 heavy (non-hydrogen) atoms. The van der Waals surface area contributed by atoms with Crippen LogP contribution < -0.4 is 5.73 Å². The lowest BCUT2D eigenvalue weighted by Gasteiger charge is -2.28. The zero-order valence-corrected chi connectivity index (χ0v) is 15.5. The van der Waals surface area contributed by atoms with Crippen molar-refractivity contribution in [1.29, 1.82) is 0 Å². The first kappa shape index (κ1) is 19.9. The van der Waals surface area contributed by atoms with E-state index in [1.165, 1.54) is 19.3 Å². The molecule has 1 rings (SSSR count). The van der Waals surface area contributed by atoms with Gasteiger partial charge in [-0.2, -0.15) is 0 Å². The standard InChI is InChI=1S/C14H30N4O.HI/c1-4-19-13(8-11-17(2)3)12-16-14(15)18-9-6-5-7-10-18;/h13H,4-12H2,1-3H3,(H2,15,16);1H. The highest BCUT2D eigenvalue weighted by Crippen LogP contribution is 2.08. The predicted octanol–water partition coefficient (Wildman–Crippen LogP) is 1.76. The lowest BCUT2D eigenvalue weighted by Crippen LogP contribution is -2.41. The lowest BCUT2D eigenvalue weighted by molar-refractivity contribution is 0.0581. The third-order valence-corrected chi connectivity index (χ3v) is 3.44. The van der Waals surface area contributed by atoms with E-state index in [4.69, 9.17) is 10.5 Å². The van der Waals surface area contributed by atoms with Gasteiger partial charge in [0.1, 0.15) is 0 Å². The Labute approximate surface area is 140 Å². The summed E-state index contributed by atoms with van der Waals surface area (Å²) in [7, 11) is 4.16. The van der Waals surface area contributed by atoms with Crippen molar-refractivity contribution in [2.45, 2.75) is 38.7 Å². The van der Waals surface area contributed by atoms with Crippen LogP contribution in [0.3, 0.4) is 0 Å². The first-order valence-corrected chi connectivity index (χ1v) is 7.44. The fourth-order valence-corrected chi connectivity index (χ4v) is 2.28. The third kappa shape index (κ3) is 8.26. The Hall–Kier alpha value is -0.0800. The highest BCUT2D eigenvalue weighted by molar-refractivity contribution is 14.0. The monoisotopic (exact) mass is 398 g/mol. The smallest absolute Gasteiger partial charge is 0.191 e. The normalized spacial score (nSPS) is 18.0. The lowest BCUT2D eigenvalue weighted by atomic mass is 10.1.